The number of amides is 1. The summed E-state index contributed by atoms with van der Waals surface area (Å²) in [6.07, 6.45) is 3.48. The number of rotatable bonds is 6. The van der Waals surface area contributed by atoms with Gasteiger partial charge in [-0.1, -0.05) is 66.7 Å². The summed E-state index contributed by atoms with van der Waals surface area (Å²) >= 11 is 0. The molecule has 3 aromatic rings. The lowest BCUT2D eigenvalue weighted by Crippen LogP contribution is -2.31. The third kappa shape index (κ3) is 4.26. The molecule has 0 radical (unpaired) electrons. The van der Waals surface area contributed by atoms with Gasteiger partial charge in [0.25, 0.3) is 0 Å². The van der Waals surface area contributed by atoms with Gasteiger partial charge in [-0.25, -0.2) is 0 Å². The van der Waals surface area contributed by atoms with E-state index in [0.717, 1.165) is 29.7 Å². The van der Waals surface area contributed by atoms with E-state index in [9.17, 15) is 4.79 Å². The van der Waals surface area contributed by atoms with E-state index in [4.69, 9.17) is 0 Å². The average Bonchev–Trinajstić information content (AvgIpc) is 3.18. The molecule has 4 rings (SSSR count). The first-order chi connectivity index (χ1) is 13.3. The van der Waals surface area contributed by atoms with Crippen molar-refractivity contribution in [2.45, 2.75) is 25.3 Å². The van der Waals surface area contributed by atoms with Crippen LogP contribution in [-0.2, 0) is 17.6 Å². The number of hydrogen-bond donors (Lipinski definition) is 2. The van der Waals surface area contributed by atoms with E-state index in [1.807, 2.05) is 42.5 Å². The van der Waals surface area contributed by atoms with Crippen LogP contribution in [-0.4, -0.2) is 12.5 Å². The number of carbonyl (C=O) groups excluding carboxylic acids is 1. The smallest absolute Gasteiger partial charge is 0.238 e. The van der Waals surface area contributed by atoms with E-state index in [1.165, 1.54) is 17.5 Å². The van der Waals surface area contributed by atoms with Crippen molar-refractivity contribution in [3.05, 3.63) is 101 Å². The minimum absolute atomic E-state index is 0.0156. The van der Waals surface area contributed by atoms with Crippen LogP contribution in [0.1, 0.15) is 34.7 Å². The van der Waals surface area contributed by atoms with Gasteiger partial charge in [0.2, 0.25) is 5.91 Å². The van der Waals surface area contributed by atoms with Crippen molar-refractivity contribution >= 4 is 11.6 Å². The molecule has 1 amide bonds. The average molecular weight is 356 g/mol. The van der Waals surface area contributed by atoms with Gasteiger partial charge < -0.3 is 5.32 Å². The molecule has 3 aromatic carbocycles. The molecule has 0 heterocycles. The fourth-order valence-electron chi connectivity index (χ4n) is 3.77. The van der Waals surface area contributed by atoms with Gasteiger partial charge in [0, 0.05) is 5.69 Å². The van der Waals surface area contributed by atoms with Gasteiger partial charge in [0.1, 0.15) is 0 Å². The molecule has 27 heavy (non-hydrogen) atoms. The first-order valence-corrected chi connectivity index (χ1v) is 9.54. The second-order valence-electron chi connectivity index (χ2n) is 7.02. The number of nitrogens with one attached hydrogen (secondary N) is 2. The molecule has 1 aliphatic rings. The maximum atomic E-state index is 12.5. The number of fused-ring (bicyclic) bond motifs is 1. The highest BCUT2D eigenvalue weighted by molar-refractivity contribution is 5.92. The molecular formula is C24H24N2O. The van der Waals surface area contributed by atoms with Crippen molar-refractivity contribution in [1.29, 1.82) is 0 Å². The SMILES string of the molecule is O=C(CNC(c1ccccc1)c1ccccc1)Nc1ccc2c(c1)CCC2. The summed E-state index contributed by atoms with van der Waals surface area (Å²) in [5.74, 6) is -0.0233. The molecule has 0 unspecified atom stereocenters. The van der Waals surface area contributed by atoms with Gasteiger partial charge in [-0.15, -0.1) is 0 Å². The Kier molecular flexibility index (Phi) is 5.31. The Labute approximate surface area is 160 Å². The molecule has 0 bridgehead atoms. The van der Waals surface area contributed by atoms with E-state index in [0.29, 0.717) is 0 Å². The highest BCUT2D eigenvalue weighted by atomic mass is 16.1. The Morgan fingerprint density at radius 2 is 1.44 bits per heavy atom. The van der Waals surface area contributed by atoms with Gasteiger partial charge in [-0.2, -0.15) is 0 Å². The van der Waals surface area contributed by atoms with E-state index >= 15 is 0 Å². The van der Waals surface area contributed by atoms with Crippen LogP contribution >= 0.6 is 0 Å². The van der Waals surface area contributed by atoms with E-state index in [2.05, 4.69) is 47.0 Å². The Morgan fingerprint density at radius 3 is 2.11 bits per heavy atom. The molecule has 0 saturated carbocycles. The molecule has 0 aromatic heterocycles. The number of aryl methyl sites for hydroxylation is 2. The largest absolute Gasteiger partial charge is 0.325 e. The van der Waals surface area contributed by atoms with Gasteiger partial charge in [0.05, 0.1) is 12.6 Å². The number of benzene rings is 3. The van der Waals surface area contributed by atoms with Crippen molar-refractivity contribution in [1.82, 2.24) is 5.32 Å². The van der Waals surface area contributed by atoms with Crippen LogP contribution in [0.3, 0.4) is 0 Å². The van der Waals surface area contributed by atoms with Gasteiger partial charge in [-0.3, -0.25) is 10.1 Å². The monoisotopic (exact) mass is 356 g/mol. The second-order valence-corrected chi connectivity index (χ2v) is 7.02. The fraction of sp³-hybridized carbons (Fsp3) is 0.208. The Bertz CT molecular complexity index is 867. The zero-order valence-electron chi connectivity index (χ0n) is 15.3. The van der Waals surface area contributed by atoms with Crippen LogP contribution < -0.4 is 10.6 Å². The minimum Gasteiger partial charge on any atom is -0.325 e. The molecule has 0 atom stereocenters. The van der Waals surface area contributed by atoms with Crippen molar-refractivity contribution < 1.29 is 4.79 Å². The van der Waals surface area contributed by atoms with Crippen molar-refractivity contribution in [2.75, 3.05) is 11.9 Å². The Balaban J connectivity index is 1.44. The predicted molar refractivity (Wildman–Crippen MR) is 110 cm³/mol. The highest BCUT2D eigenvalue weighted by Crippen LogP contribution is 2.25. The van der Waals surface area contributed by atoms with Crippen LogP contribution in [0.25, 0.3) is 0 Å². The van der Waals surface area contributed by atoms with Crippen molar-refractivity contribution in [3.63, 3.8) is 0 Å². The van der Waals surface area contributed by atoms with Crippen LogP contribution in [0.15, 0.2) is 78.9 Å². The van der Waals surface area contributed by atoms with E-state index in [-0.39, 0.29) is 18.5 Å². The number of hydrogen-bond acceptors (Lipinski definition) is 2. The third-order valence-electron chi connectivity index (χ3n) is 5.11. The van der Waals surface area contributed by atoms with Gasteiger partial charge in [0.15, 0.2) is 0 Å². The summed E-state index contributed by atoms with van der Waals surface area (Å²) in [4.78, 5) is 12.5. The van der Waals surface area contributed by atoms with E-state index in [1.54, 1.807) is 0 Å². The molecule has 136 valence electrons. The lowest BCUT2D eigenvalue weighted by molar-refractivity contribution is -0.115. The van der Waals surface area contributed by atoms with Crippen LogP contribution in [0.4, 0.5) is 5.69 Å². The Morgan fingerprint density at radius 1 is 0.815 bits per heavy atom. The molecule has 1 aliphatic carbocycles. The minimum atomic E-state index is -0.0233. The summed E-state index contributed by atoms with van der Waals surface area (Å²) < 4.78 is 0. The molecular weight excluding hydrogens is 332 g/mol. The van der Waals surface area contributed by atoms with Gasteiger partial charge in [-0.05, 0) is 53.6 Å². The molecule has 0 saturated heterocycles. The van der Waals surface area contributed by atoms with Crippen molar-refractivity contribution in [2.24, 2.45) is 0 Å². The fourth-order valence-corrected chi connectivity index (χ4v) is 3.77. The first-order valence-electron chi connectivity index (χ1n) is 9.54. The maximum Gasteiger partial charge on any atom is 0.238 e. The lowest BCUT2D eigenvalue weighted by Gasteiger charge is -2.20. The third-order valence-corrected chi connectivity index (χ3v) is 5.11. The van der Waals surface area contributed by atoms with E-state index < -0.39 is 0 Å². The van der Waals surface area contributed by atoms with Crippen LogP contribution in [0.2, 0.25) is 0 Å². The molecule has 0 fully saturated rings. The standard InChI is InChI=1S/C24H24N2O/c27-23(26-22-15-14-18-12-7-13-21(18)16-22)17-25-24(19-8-3-1-4-9-19)20-10-5-2-6-11-20/h1-6,8-11,14-16,24-25H,7,12-13,17H2,(H,26,27). The molecule has 3 heteroatoms. The number of carbonyl (C=O) groups is 1. The zero-order chi connectivity index (χ0) is 18.5. The molecule has 0 spiro atoms. The maximum absolute atomic E-state index is 12.5. The summed E-state index contributed by atoms with van der Waals surface area (Å²) in [6.45, 7) is 0.255. The highest BCUT2D eigenvalue weighted by Gasteiger charge is 2.15. The normalized spacial score (nSPS) is 12.8. The first kappa shape index (κ1) is 17.5. The molecule has 2 N–H and O–H groups in total. The summed E-state index contributed by atoms with van der Waals surface area (Å²) in [5, 5.41) is 6.44. The second kappa shape index (κ2) is 8.19. The van der Waals surface area contributed by atoms with Gasteiger partial charge >= 0.3 is 0 Å². The summed E-state index contributed by atoms with van der Waals surface area (Å²) in [6, 6.07) is 26.7. The number of anilines is 1. The Hall–Kier alpha value is -2.91. The van der Waals surface area contributed by atoms with Crippen molar-refractivity contribution in [3.8, 4) is 0 Å². The summed E-state index contributed by atoms with van der Waals surface area (Å²) in [5.41, 5.74) is 5.97. The summed E-state index contributed by atoms with van der Waals surface area (Å²) in [7, 11) is 0. The zero-order valence-corrected chi connectivity index (χ0v) is 15.3. The molecule has 0 aliphatic heterocycles. The van der Waals surface area contributed by atoms with Crippen LogP contribution in [0, 0.1) is 0 Å². The molecule has 3 nitrogen and oxygen atoms in total. The quantitative estimate of drug-likeness (QED) is 0.683. The topological polar surface area (TPSA) is 41.1 Å². The lowest BCUT2D eigenvalue weighted by atomic mass is 9.99. The predicted octanol–water partition coefficient (Wildman–Crippen LogP) is 4.49. The van der Waals surface area contributed by atoms with Crippen LogP contribution in [0.5, 0.6) is 0 Å².